The molecule has 0 aromatic carbocycles. The van der Waals surface area contributed by atoms with Gasteiger partial charge in [0.05, 0.1) is 6.61 Å². The third-order valence-electron chi connectivity index (χ3n) is 4.48. The van der Waals surface area contributed by atoms with Gasteiger partial charge in [-0.25, -0.2) is 9.59 Å². The number of hydrogen-bond donors (Lipinski definition) is 3. The molecule has 166 valence electrons. The van der Waals surface area contributed by atoms with Crippen molar-refractivity contribution >= 4 is 12.2 Å². The average Bonchev–Trinajstić information content (AvgIpc) is 2.69. The van der Waals surface area contributed by atoms with Crippen molar-refractivity contribution in [3.8, 4) is 0 Å². The number of carbonyl (C=O) groups is 2. The van der Waals surface area contributed by atoms with Crippen LogP contribution in [-0.2, 0) is 9.47 Å². The van der Waals surface area contributed by atoms with E-state index in [0.29, 0.717) is 13.1 Å². The van der Waals surface area contributed by atoms with Gasteiger partial charge in [-0.3, -0.25) is 0 Å². The molecule has 3 N–H and O–H groups in total. The highest BCUT2D eigenvalue weighted by Gasteiger charge is 2.15. The topological polar surface area (TPSA) is 96.9 Å². The van der Waals surface area contributed by atoms with Crippen molar-refractivity contribution in [1.29, 1.82) is 0 Å². The zero-order valence-electron chi connectivity index (χ0n) is 18.0. The van der Waals surface area contributed by atoms with E-state index < -0.39 is 24.9 Å². The summed E-state index contributed by atoms with van der Waals surface area (Å²) in [5.74, 6) is 0. The molecule has 0 aliphatic carbocycles. The van der Waals surface area contributed by atoms with Gasteiger partial charge >= 0.3 is 12.2 Å². The van der Waals surface area contributed by atoms with Crippen LogP contribution in [0.15, 0.2) is 0 Å². The molecule has 0 unspecified atom stereocenters. The second kappa shape index (κ2) is 20.2. The molecule has 0 rings (SSSR count). The lowest BCUT2D eigenvalue weighted by Gasteiger charge is -2.16. The molecule has 0 aromatic rings. The summed E-state index contributed by atoms with van der Waals surface area (Å²) >= 11 is 0. The Labute approximate surface area is 170 Å². The molecule has 0 radical (unpaired) electrons. The number of aliphatic hydroxyl groups excluding tert-OH is 1. The van der Waals surface area contributed by atoms with E-state index in [4.69, 9.17) is 9.47 Å². The van der Waals surface area contributed by atoms with Crippen molar-refractivity contribution in [3.05, 3.63) is 0 Å². The molecular formula is C21H42N2O5. The summed E-state index contributed by atoms with van der Waals surface area (Å²) in [6, 6.07) is 0. The summed E-state index contributed by atoms with van der Waals surface area (Å²) in [5, 5.41) is 14.6. The van der Waals surface area contributed by atoms with Crippen LogP contribution in [0.3, 0.4) is 0 Å². The number of nitrogens with one attached hydrogen (secondary N) is 2. The Morgan fingerprint density at radius 3 is 1.71 bits per heavy atom. The molecule has 0 bridgehead atoms. The van der Waals surface area contributed by atoms with E-state index in [2.05, 4.69) is 24.5 Å². The maximum atomic E-state index is 11.7. The van der Waals surface area contributed by atoms with Gasteiger partial charge in [0.2, 0.25) is 0 Å². The van der Waals surface area contributed by atoms with Crippen LogP contribution in [0.5, 0.6) is 0 Å². The minimum Gasteiger partial charge on any atom is -0.446 e. The lowest BCUT2D eigenvalue weighted by atomic mass is 10.1. The Balaban J connectivity index is 3.67. The number of carbonyl (C=O) groups excluding carboxylic acids is 2. The van der Waals surface area contributed by atoms with Crippen LogP contribution in [-0.4, -0.2) is 49.7 Å². The molecule has 0 fully saturated rings. The average molecular weight is 403 g/mol. The van der Waals surface area contributed by atoms with Gasteiger partial charge in [-0.1, -0.05) is 78.1 Å². The van der Waals surface area contributed by atoms with Gasteiger partial charge in [0.1, 0.15) is 6.61 Å². The lowest BCUT2D eigenvalue weighted by Crippen LogP contribution is -2.36. The summed E-state index contributed by atoms with van der Waals surface area (Å²) in [6.45, 7) is 4.91. The van der Waals surface area contributed by atoms with E-state index >= 15 is 0 Å². The van der Waals surface area contributed by atoms with Gasteiger partial charge in [-0.2, -0.15) is 0 Å². The van der Waals surface area contributed by atoms with E-state index in [-0.39, 0.29) is 6.61 Å². The molecule has 0 saturated carbocycles. The summed E-state index contributed by atoms with van der Waals surface area (Å²) in [5.41, 5.74) is 0. The van der Waals surface area contributed by atoms with Crippen LogP contribution in [0.4, 0.5) is 9.59 Å². The second-order valence-electron chi connectivity index (χ2n) is 7.20. The Kier molecular flexibility index (Phi) is 19.2. The highest BCUT2D eigenvalue weighted by atomic mass is 16.6. The number of amides is 2. The zero-order valence-corrected chi connectivity index (χ0v) is 18.0. The van der Waals surface area contributed by atoms with Crippen molar-refractivity contribution in [3.63, 3.8) is 0 Å². The monoisotopic (exact) mass is 402 g/mol. The van der Waals surface area contributed by atoms with Gasteiger partial charge in [-0.05, 0) is 12.8 Å². The molecule has 28 heavy (non-hydrogen) atoms. The van der Waals surface area contributed by atoms with Crippen molar-refractivity contribution in [2.75, 3.05) is 26.3 Å². The van der Waals surface area contributed by atoms with E-state index in [1.165, 1.54) is 51.4 Å². The third-order valence-corrected chi connectivity index (χ3v) is 4.48. The molecule has 0 heterocycles. The quantitative estimate of drug-likeness (QED) is 0.293. The Morgan fingerprint density at radius 1 is 0.750 bits per heavy atom. The Hall–Kier alpha value is -1.50. The first-order chi connectivity index (χ1) is 13.6. The fourth-order valence-electron chi connectivity index (χ4n) is 2.73. The van der Waals surface area contributed by atoms with E-state index in [1.807, 2.05) is 0 Å². The lowest BCUT2D eigenvalue weighted by molar-refractivity contribution is 0.0141. The van der Waals surface area contributed by atoms with Gasteiger partial charge in [-0.15, -0.1) is 0 Å². The van der Waals surface area contributed by atoms with Crippen LogP contribution in [0, 0.1) is 0 Å². The van der Waals surface area contributed by atoms with E-state index in [0.717, 1.165) is 25.7 Å². The molecule has 0 aromatic heterocycles. The smallest absolute Gasteiger partial charge is 0.407 e. The molecule has 1 atom stereocenters. The molecular weight excluding hydrogens is 360 g/mol. The summed E-state index contributed by atoms with van der Waals surface area (Å²) < 4.78 is 10.1. The zero-order chi connectivity index (χ0) is 20.9. The van der Waals surface area contributed by atoms with Crippen molar-refractivity contribution in [1.82, 2.24) is 10.6 Å². The number of ether oxygens (including phenoxy) is 2. The summed E-state index contributed by atoms with van der Waals surface area (Å²) in [7, 11) is 0. The Morgan fingerprint density at radius 2 is 1.21 bits per heavy atom. The first-order valence-electron chi connectivity index (χ1n) is 11.1. The molecule has 0 spiro atoms. The highest BCUT2D eigenvalue weighted by Crippen LogP contribution is 2.05. The maximum Gasteiger partial charge on any atom is 0.407 e. The normalized spacial score (nSPS) is 11.7. The third kappa shape index (κ3) is 17.9. The van der Waals surface area contributed by atoms with Crippen LogP contribution in [0.2, 0.25) is 0 Å². The van der Waals surface area contributed by atoms with Crippen LogP contribution < -0.4 is 10.6 Å². The molecule has 2 amide bonds. The van der Waals surface area contributed by atoms with Crippen LogP contribution in [0.1, 0.15) is 90.9 Å². The summed E-state index contributed by atoms with van der Waals surface area (Å²) in [4.78, 5) is 23.3. The largest absolute Gasteiger partial charge is 0.446 e. The minimum atomic E-state index is -0.857. The molecule has 0 saturated heterocycles. The molecule has 0 aliphatic heterocycles. The molecule has 7 nitrogen and oxygen atoms in total. The predicted octanol–water partition coefficient (Wildman–Crippen LogP) is 4.52. The predicted molar refractivity (Wildman–Crippen MR) is 111 cm³/mol. The fraction of sp³-hybridized carbons (Fsp3) is 0.905. The SMILES string of the molecule is CCCCCCCCNC(=O)OC[C@@H](CO)OC(=O)NCCCCCCCC. The van der Waals surface area contributed by atoms with Crippen LogP contribution in [0.25, 0.3) is 0 Å². The van der Waals surface area contributed by atoms with Gasteiger partial charge < -0.3 is 25.2 Å². The molecule has 0 aliphatic rings. The van der Waals surface area contributed by atoms with Gasteiger partial charge in [0.15, 0.2) is 6.10 Å². The summed E-state index contributed by atoms with van der Waals surface area (Å²) in [6.07, 6.45) is 11.7. The molecule has 7 heteroatoms. The number of aliphatic hydroxyl groups is 1. The number of alkyl carbamates (subject to hydrolysis) is 2. The highest BCUT2D eigenvalue weighted by molar-refractivity contribution is 5.68. The number of hydrogen-bond acceptors (Lipinski definition) is 5. The fourth-order valence-corrected chi connectivity index (χ4v) is 2.73. The maximum absolute atomic E-state index is 11.7. The number of unbranched alkanes of at least 4 members (excludes halogenated alkanes) is 10. The van der Waals surface area contributed by atoms with Gasteiger partial charge in [0, 0.05) is 13.1 Å². The van der Waals surface area contributed by atoms with Crippen molar-refractivity contribution in [2.24, 2.45) is 0 Å². The number of rotatable bonds is 18. The van der Waals surface area contributed by atoms with Crippen molar-refractivity contribution < 1.29 is 24.2 Å². The van der Waals surface area contributed by atoms with Crippen LogP contribution >= 0.6 is 0 Å². The van der Waals surface area contributed by atoms with E-state index in [1.54, 1.807) is 0 Å². The van der Waals surface area contributed by atoms with Crippen molar-refractivity contribution in [2.45, 2.75) is 97.0 Å². The first-order valence-corrected chi connectivity index (χ1v) is 11.1. The van der Waals surface area contributed by atoms with E-state index in [9.17, 15) is 14.7 Å². The Bertz CT molecular complexity index is 380. The minimum absolute atomic E-state index is 0.163. The first kappa shape index (κ1) is 26.5. The van der Waals surface area contributed by atoms with Gasteiger partial charge in [0.25, 0.3) is 0 Å². The second-order valence-corrected chi connectivity index (χ2v) is 7.20. The standard InChI is InChI=1S/C21H42N2O5/c1-3-5-7-9-11-13-15-22-20(25)27-18-19(17-24)28-21(26)23-16-14-12-10-8-6-4-2/h19,24H,3-18H2,1-2H3,(H,22,25)(H,23,26)/t19-/m1/s1.